The van der Waals surface area contributed by atoms with Crippen LogP contribution >= 0.6 is 15.9 Å². The van der Waals surface area contributed by atoms with Gasteiger partial charge in [0.1, 0.15) is 17.4 Å². The molecule has 0 aromatic heterocycles. The van der Waals surface area contributed by atoms with Crippen LogP contribution < -0.4 is 4.74 Å². The summed E-state index contributed by atoms with van der Waals surface area (Å²) in [5.41, 5.74) is 0.362. The summed E-state index contributed by atoms with van der Waals surface area (Å²) >= 11 is 3.32. The monoisotopic (exact) mass is 356 g/mol. The van der Waals surface area contributed by atoms with Crippen molar-refractivity contribution in [3.8, 4) is 5.75 Å². The second-order valence-corrected chi connectivity index (χ2v) is 5.45. The summed E-state index contributed by atoms with van der Waals surface area (Å²) < 4.78 is 33.5. The fourth-order valence-corrected chi connectivity index (χ4v) is 2.48. The van der Waals surface area contributed by atoms with Gasteiger partial charge >= 0.3 is 0 Å². The molecule has 2 aromatic carbocycles. The zero-order valence-electron chi connectivity index (χ0n) is 11.4. The van der Waals surface area contributed by atoms with Gasteiger partial charge in [0.2, 0.25) is 0 Å². The van der Waals surface area contributed by atoms with Gasteiger partial charge < -0.3 is 9.84 Å². The normalized spacial score (nSPS) is 12.2. The van der Waals surface area contributed by atoms with Gasteiger partial charge in [-0.3, -0.25) is 0 Å². The minimum Gasteiger partial charge on any atom is -0.493 e. The predicted molar refractivity (Wildman–Crippen MR) is 80.3 cm³/mol. The third-order valence-electron chi connectivity index (χ3n) is 3.09. The summed E-state index contributed by atoms with van der Waals surface area (Å²) in [6.45, 7) is 2.27. The van der Waals surface area contributed by atoms with Crippen LogP contribution in [0.25, 0.3) is 0 Å². The molecule has 21 heavy (non-hydrogen) atoms. The minimum atomic E-state index is -1.06. The Morgan fingerprint density at radius 1 is 1.19 bits per heavy atom. The van der Waals surface area contributed by atoms with E-state index in [1.165, 1.54) is 18.2 Å². The van der Waals surface area contributed by atoms with Gasteiger partial charge in [0.25, 0.3) is 0 Å². The van der Waals surface area contributed by atoms with E-state index in [2.05, 4.69) is 15.9 Å². The summed E-state index contributed by atoms with van der Waals surface area (Å²) in [5.74, 6) is -0.825. The molecule has 0 amide bonds. The van der Waals surface area contributed by atoms with Crippen LogP contribution in [-0.2, 0) is 6.42 Å². The number of halogens is 3. The van der Waals surface area contributed by atoms with Crippen molar-refractivity contribution in [3.05, 3.63) is 63.6 Å². The van der Waals surface area contributed by atoms with Crippen LogP contribution in [0.4, 0.5) is 8.78 Å². The molecule has 0 saturated carbocycles. The highest BCUT2D eigenvalue weighted by Gasteiger charge is 2.19. The highest BCUT2D eigenvalue weighted by Crippen LogP contribution is 2.31. The van der Waals surface area contributed by atoms with Gasteiger partial charge in [-0.1, -0.05) is 22.0 Å². The Morgan fingerprint density at radius 3 is 2.48 bits per heavy atom. The number of rotatable bonds is 5. The molecule has 2 nitrogen and oxygen atoms in total. The Morgan fingerprint density at radius 2 is 1.86 bits per heavy atom. The predicted octanol–water partition coefficient (Wildman–Crippen LogP) is 4.40. The molecule has 1 N–H and O–H groups in total. The number of hydrogen-bond acceptors (Lipinski definition) is 2. The second kappa shape index (κ2) is 7.00. The van der Waals surface area contributed by atoms with E-state index in [-0.39, 0.29) is 12.0 Å². The molecule has 2 rings (SSSR count). The smallest absolute Gasteiger partial charge is 0.129 e. The van der Waals surface area contributed by atoms with Crippen LogP contribution in [0.5, 0.6) is 5.75 Å². The largest absolute Gasteiger partial charge is 0.493 e. The third-order valence-corrected chi connectivity index (χ3v) is 3.58. The molecule has 0 radical (unpaired) electrons. The first kappa shape index (κ1) is 15.9. The van der Waals surface area contributed by atoms with E-state index >= 15 is 0 Å². The van der Waals surface area contributed by atoms with Gasteiger partial charge in [-0.2, -0.15) is 0 Å². The average Bonchev–Trinajstić information content (AvgIpc) is 2.45. The molecule has 0 spiro atoms. The fraction of sp³-hybridized carbons (Fsp3) is 0.250. The van der Waals surface area contributed by atoms with Crippen molar-refractivity contribution < 1.29 is 18.6 Å². The van der Waals surface area contributed by atoms with Crippen molar-refractivity contribution >= 4 is 15.9 Å². The SMILES string of the molecule is CCOc1ccc(Br)cc1C(O)Cc1c(F)cccc1F. The molecule has 0 bridgehead atoms. The van der Waals surface area contributed by atoms with Crippen LogP contribution in [0, 0.1) is 11.6 Å². The molecule has 0 aliphatic carbocycles. The standard InChI is InChI=1S/C16H15BrF2O2/c1-2-21-16-7-6-10(17)8-12(16)15(20)9-11-13(18)4-3-5-14(11)19/h3-8,15,20H,2,9H2,1H3. The molecule has 0 aliphatic rings. The second-order valence-electron chi connectivity index (χ2n) is 4.54. The maximum Gasteiger partial charge on any atom is 0.129 e. The summed E-state index contributed by atoms with van der Waals surface area (Å²) in [7, 11) is 0. The van der Waals surface area contributed by atoms with Gasteiger partial charge in [0, 0.05) is 22.0 Å². The summed E-state index contributed by atoms with van der Waals surface area (Å²) in [6.07, 6.45) is -1.22. The molecule has 0 aliphatic heterocycles. The summed E-state index contributed by atoms with van der Waals surface area (Å²) in [4.78, 5) is 0. The Bertz CT molecular complexity index is 611. The quantitative estimate of drug-likeness (QED) is 0.860. The average molecular weight is 357 g/mol. The van der Waals surface area contributed by atoms with Gasteiger partial charge in [-0.05, 0) is 37.3 Å². The van der Waals surface area contributed by atoms with Crippen molar-refractivity contribution in [1.29, 1.82) is 0 Å². The Kier molecular flexibility index (Phi) is 5.31. The van der Waals surface area contributed by atoms with E-state index in [9.17, 15) is 13.9 Å². The number of aliphatic hydroxyl groups is 1. The molecular weight excluding hydrogens is 342 g/mol. The molecule has 5 heteroatoms. The first-order chi connectivity index (χ1) is 10.0. The van der Waals surface area contributed by atoms with Gasteiger partial charge in [-0.25, -0.2) is 8.78 Å². The van der Waals surface area contributed by atoms with Crippen LogP contribution in [0.3, 0.4) is 0 Å². The van der Waals surface area contributed by atoms with Crippen molar-refractivity contribution in [2.24, 2.45) is 0 Å². The number of ether oxygens (including phenoxy) is 1. The van der Waals surface area contributed by atoms with E-state index in [0.717, 1.165) is 4.47 Å². The topological polar surface area (TPSA) is 29.5 Å². The molecule has 0 saturated heterocycles. The Hall–Kier alpha value is -1.46. The van der Waals surface area contributed by atoms with Crippen molar-refractivity contribution in [3.63, 3.8) is 0 Å². The van der Waals surface area contributed by atoms with Crippen LogP contribution in [-0.4, -0.2) is 11.7 Å². The summed E-state index contributed by atoms with van der Waals surface area (Å²) in [6, 6.07) is 8.83. The first-order valence-electron chi connectivity index (χ1n) is 6.56. The molecule has 0 fully saturated rings. The number of hydrogen-bond donors (Lipinski definition) is 1. The number of aliphatic hydroxyl groups excluding tert-OH is 1. The lowest BCUT2D eigenvalue weighted by atomic mass is 10.00. The van der Waals surface area contributed by atoms with E-state index in [1.807, 2.05) is 6.92 Å². The van der Waals surface area contributed by atoms with Crippen LogP contribution in [0.1, 0.15) is 24.2 Å². The highest BCUT2D eigenvalue weighted by molar-refractivity contribution is 9.10. The van der Waals surface area contributed by atoms with E-state index in [0.29, 0.717) is 17.9 Å². The number of benzene rings is 2. The van der Waals surface area contributed by atoms with E-state index in [4.69, 9.17) is 4.74 Å². The first-order valence-corrected chi connectivity index (χ1v) is 7.35. The molecule has 1 unspecified atom stereocenters. The maximum absolute atomic E-state index is 13.7. The lowest BCUT2D eigenvalue weighted by Gasteiger charge is -2.17. The Labute approximate surface area is 130 Å². The third kappa shape index (κ3) is 3.80. The highest BCUT2D eigenvalue weighted by atomic mass is 79.9. The van der Waals surface area contributed by atoms with E-state index in [1.54, 1.807) is 18.2 Å². The van der Waals surface area contributed by atoms with Crippen molar-refractivity contribution in [2.45, 2.75) is 19.4 Å². The molecule has 2 aromatic rings. The van der Waals surface area contributed by atoms with Gasteiger partial charge in [0.15, 0.2) is 0 Å². The van der Waals surface area contributed by atoms with Crippen molar-refractivity contribution in [2.75, 3.05) is 6.61 Å². The molecule has 112 valence electrons. The molecule has 0 heterocycles. The molecular formula is C16H15BrF2O2. The lowest BCUT2D eigenvalue weighted by Crippen LogP contribution is -2.08. The van der Waals surface area contributed by atoms with Crippen LogP contribution in [0.15, 0.2) is 40.9 Å². The summed E-state index contributed by atoms with van der Waals surface area (Å²) in [5, 5.41) is 10.3. The lowest BCUT2D eigenvalue weighted by molar-refractivity contribution is 0.169. The zero-order chi connectivity index (χ0) is 15.4. The Balaban J connectivity index is 2.32. The molecule has 1 atom stereocenters. The van der Waals surface area contributed by atoms with E-state index < -0.39 is 17.7 Å². The van der Waals surface area contributed by atoms with Gasteiger partial charge in [0.05, 0.1) is 12.7 Å². The fourth-order valence-electron chi connectivity index (χ4n) is 2.10. The van der Waals surface area contributed by atoms with Crippen molar-refractivity contribution in [1.82, 2.24) is 0 Å². The minimum absolute atomic E-state index is 0.132. The van der Waals surface area contributed by atoms with Gasteiger partial charge in [-0.15, -0.1) is 0 Å². The maximum atomic E-state index is 13.7. The van der Waals surface area contributed by atoms with Crippen LogP contribution in [0.2, 0.25) is 0 Å². The zero-order valence-corrected chi connectivity index (χ0v) is 13.0.